The summed E-state index contributed by atoms with van der Waals surface area (Å²) < 4.78 is 0. The van der Waals surface area contributed by atoms with Crippen molar-refractivity contribution in [2.75, 3.05) is 0 Å². The highest BCUT2D eigenvalue weighted by Gasteiger charge is 2.26. The van der Waals surface area contributed by atoms with Crippen LogP contribution in [0.5, 0.6) is 0 Å². The fourth-order valence-electron chi connectivity index (χ4n) is 1.20. The molecular weight excluding hydrogens is 184 g/mol. The Morgan fingerprint density at radius 3 is 2.85 bits per heavy atom. The molecule has 0 spiro atoms. The zero-order valence-electron chi connectivity index (χ0n) is 6.94. The molecule has 66 valence electrons. The second kappa shape index (κ2) is 3.23. The van der Waals surface area contributed by atoms with Crippen LogP contribution in [0.1, 0.15) is 5.69 Å². The van der Waals surface area contributed by atoms with Gasteiger partial charge in [-0.3, -0.25) is 4.98 Å². The number of pyridine rings is 1. The molecule has 3 heteroatoms. The van der Waals surface area contributed by atoms with E-state index in [1.165, 1.54) is 0 Å². The van der Waals surface area contributed by atoms with E-state index >= 15 is 0 Å². The van der Waals surface area contributed by atoms with Gasteiger partial charge >= 0.3 is 0 Å². The van der Waals surface area contributed by atoms with Gasteiger partial charge < -0.3 is 5.32 Å². The lowest BCUT2D eigenvalue weighted by Gasteiger charge is -2.24. The first kappa shape index (κ1) is 8.32. The second-order valence-corrected chi connectivity index (χ2v) is 3.39. The minimum atomic E-state index is -0.685. The van der Waals surface area contributed by atoms with Gasteiger partial charge in [0.25, 0.3) is 0 Å². The second-order valence-electron chi connectivity index (χ2n) is 2.79. The van der Waals surface area contributed by atoms with Gasteiger partial charge in [0.2, 0.25) is 0 Å². The molecule has 2 rings (SSSR count). The molecule has 1 aliphatic rings. The number of dihydropyridines is 1. The van der Waals surface area contributed by atoms with Gasteiger partial charge in [-0.05, 0) is 30.5 Å². The van der Waals surface area contributed by atoms with Crippen LogP contribution in [-0.4, -0.2) is 4.98 Å². The largest absolute Gasteiger partial charge is 0.365 e. The van der Waals surface area contributed by atoms with E-state index in [9.17, 15) is 0 Å². The van der Waals surface area contributed by atoms with E-state index in [2.05, 4.69) is 10.3 Å². The third-order valence-electron chi connectivity index (χ3n) is 1.86. The highest BCUT2D eigenvalue weighted by molar-refractivity contribution is 6.25. The molecule has 0 aromatic carbocycles. The van der Waals surface area contributed by atoms with Crippen molar-refractivity contribution in [3.8, 4) is 0 Å². The molecule has 1 aromatic heterocycles. The first-order chi connectivity index (χ1) is 6.31. The molecule has 0 bridgehead atoms. The fourth-order valence-corrected chi connectivity index (χ4v) is 1.45. The molecule has 0 radical (unpaired) electrons. The van der Waals surface area contributed by atoms with Crippen LogP contribution in [0, 0.1) is 0 Å². The smallest absolute Gasteiger partial charge is 0.174 e. The molecule has 2 nitrogen and oxygen atoms in total. The Kier molecular flexibility index (Phi) is 2.07. The maximum Gasteiger partial charge on any atom is 0.174 e. The first-order valence-corrected chi connectivity index (χ1v) is 4.41. The Bertz CT molecular complexity index is 345. The molecule has 1 aromatic rings. The number of aromatic nitrogens is 1. The summed E-state index contributed by atoms with van der Waals surface area (Å²) in [5.41, 5.74) is 0.803. The highest BCUT2D eigenvalue weighted by Crippen LogP contribution is 2.27. The predicted molar refractivity (Wildman–Crippen MR) is 53.2 cm³/mol. The molecular formula is C10H9ClN2. The average molecular weight is 193 g/mol. The fraction of sp³-hybridized carbons (Fsp3) is 0.100. The Morgan fingerprint density at radius 2 is 2.23 bits per heavy atom. The number of hydrogen-bond donors (Lipinski definition) is 1. The average Bonchev–Trinajstić information content (AvgIpc) is 2.20. The lowest BCUT2D eigenvalue weighted by Crippen LogP contribution is -2.33. The molecule has 1 N–H and O–H groups in total. The summed E-state index contributed by atoms with van der Waals surface area (Å²) in [6.07, 6.45) is 9.20. The van der Waals surface area contributed by atoms with Crippen molar-refractivity contribution in [1.29, 1.82) is 0 Å². The van der Waals surface area contributed by atoms with E-state index in [0.717, 1.165) is 5.69 Å². The van der Waals surface area contributed by atoms with E-state index in [1.54, 1.807) is 6.20 Å². The summed E-state index contributed by atoms with van der Waals surface area (Å²) in [5.74, 6) is 0. The third kappa shape index (κ3) is 1.58. The molecule has 2 heterocycles. The minimum absolute atomic E-state index is 0.685. The molecule has 1 unspecified atom stereocenters. The van der Waals surface area contributed by atoms with E-state index in [4.69, 9.17) is 11.6 Å². The van der Waals surface area contributed by atoms with Crippen LogP contribution in [-0.2, 0) is 5.00 Å². The molecule has 0 aliphatic carbocycles. The van der Waals surface area contributed by atoms with Gasteiger partial charge in [0.15, 0.2) is 5.00 Å². The van der Waals surface area contributed by atoms with Gasteiger partial charge in [0, 0.05) is 6.20 Å². The quantitative estimate of drug-likeness (QED) is 0.545. The number of hydrogen-bond acceptors (Lipinski definition) is 2. The lowest BCUT2D eigenvalue weighted by molar-refractivity contribution is 0.644. The van der Waals surface area contributed by atoms with Crippen LogP contribution in [0.25, 0.3) is 0 Å². The number of alkyl halides is 1. The molecule has 0 fully saturated rings. The van der Waals surface area contributed by atoms with Crippen molar-refractivity contribution in [2.45, 2.75) is 5.00 Å². The minimum Gasteiger partial charge on any atom is -0.365 e. The summed E-state index contributed by atoms with van der Waals surface area (Å²) in [5, 5.41) is 3.05. The summed E-state index contributed by atoms with van der Waals surface area (Å²) in [4.78, 5) is 3.51. The lowest BCUT2D eigenvalue weighted by atomic mass is 10.1. The van der Waals surface area contributed by atoms with Crippen LogP contribution in [0.3, 0.4) is 0 Å². The third-order valence-corrected chi connectivity index (χ3v) is 2.29. The van der Waals surface area contributed by atoms with Crippen molar-refractivity contribution < 1.29 is 0 Å². The molecule has 13 heavy (non-hydrogen) atoms. The monoisotopic (exact) mass is 192 g/mol. The van der Waals surface area contributed by atoms with Crippen molar-refractivity contribution in [2.24, 2.45) is 0 Å². The maximum atomic E-state index is 6.29. The van der Waals surface area contributed by atoms with E-state index in [0.29, 0.717) is 0 Å². The molecule has 1 aliphatic heterocycles. The van der Waals surface area contributed by atoms with Crippen molar-refractivity contribution >= 4 is 11.6 Å². The number of halogens is 1. The predicted octanol–water partition coefficient (Wildman–Crippen LogP) is 2.15. The zero-order valence-corrected chi connectivity index (χ0v) is 7.70. The van der Waals surface area contributed by atoms with Gasteiger partial charge in [-0.15, -0.1) is 0 Å². The van der Waals surface area contributed by atoms with Gasteiger partial charge in [0.1, 0.15) is 0 Å². The maximum absolute atomic E-state index is 6.29. The topological polar surface area (TPSA) is 24.9 Å². The van der Waals surface area contributed by atoms with Crippen LogP contribution < -0.4 is 5.32 Å². The van der Waals surface area contributed by atoms with Crippen LogP contribution in [0.4, 0.5) is 0 Å². The molecule has 0 saturated heterocycles. The number of rotatable bonds is 1. The molecule has 0 amide bonds. The van der Waals surface area contributed by atoms with Crippen molar-refractivity contribution in [3.63, 3.8) is 0 Å². The summed E-state index contributed by atoms with van der Waals surface area (Å²) in [6, 6.07) is 5.68. The van der Waals surface area contributed by atoms with Crippen LogP contribution in [0.15, 0.2) is 48.8 Å². The number of nitrogens with one attached hydrogen (secondary N) is 1. The summed E-state index contributed by atoms with van der Waals surface area (Å²) >= 11 is 6.29. The van der Waals surface area contributed by atoms with E-state index in [-0.39, 0.29) is 0 Å². The van der Waals surface area contributed by atoms with Crippen LogP contribution in [0.2, 0.25) is 0 Å². The standard InChI is InChI=1S/C10H9ClN2/c11-10(6-2-4-8-13-10)9-5-1-3-7-12-9/h1-8,13H. The molecule has 1 atom stereocenters. The Hall–Kier alpha value is -1.28. The van der Waals surface area contributed by atoms with Crippen molar-refractivity contribution in [3.05, 3.63) is 54.5 Å². The van der Waals surface area contributed by atoms with Gasteiger partial charge in [-0.2, -0.15) is 0 Å². The normalized spacial score (nSPS) is 25.6. The Labute approximate surface area is 81.9 Å². The summed E-state index contributed by atoms with van der Waals surface area (Å²) in [6.45, 7) is 0. The Balaban J connectivity index is 2.35. The van der Waals surface area contributed by atoms with Gasteiger partial charge in [-0.1, -0.05) is 23.7 Å². The van der Waals surface area contributed by atoms with Gasteiger partial charge in [0.05, 0.1) is 5.69 Å². The SMILES string of the molecule is ClC1(c2ccccn2)C=CC=CN1. The first-order valence-electron chi connectivity index (χ1n) is 4.04. The highest BCUT2D eigenvalue weighted by atomic mass is 35.5. The zero-order chi connectivity index (χ0) is 9.15. The number of allylic oxidation sites excluding steroid dienone is 2. The van der Waals surface area contributed by atoms with E-state index < -0.39 is 5.00 Å². The summed E-state index contributed by atoms with van der Waals surface area (Å²) in [7, 11) is 0. The van der Waals surface area contributed by atoms with E-state index in [1.807, 2.05) is 42.6 Å². The molecule has 0 saturated carbocycles. The Morgan fingerprint density at radius 1 is 1.31 bits per heavy atom. The van der Waals surface area contributed by atoms with Gasteiger partial charge in [-0.25, -0.2) is 0 Å². The van der Waals surface area contributed by atoms with Crippen molar-refractivity contribution in [1.82, 2.24) is 10.3 Å². The number of nitrogens with zero attached hydrogens (tertiary/aromatic N) is 1. The van der Waals surface area contributed by atoms with Crippen LogP contribution >= 0.6 is 11.6 Å².